The molecule has 26 heavy (non-hydrogen) atoms. The van der Waals surface area contributed by atoms with Crippen LogP contribution in [0.15, 0.2) is 42.7 Å². The van der Waals surface area contributed by atoms with E-state index < -0.39 is 0 Å². The molecule has 4 heteroatoms. The first-order valence-electron chi connectivity index (χ1n) is 9.51. The van der Waals surface area contributed by atoms with Crippen LogP contribution >= 0.6 is 0 Å². The lowest BCUT2D eigenvalue weighted by Gasteiger charge is -2.32. The maximum atomic E-state index is 12.5. The van der Waals surface area contributed by atoms with Crippen molar-refractivity contribution < 1.29 is 4.79 Å². The van der Waals surface area contributed by atoms with Crippen molar-refractivity contribution >= 4 is 5.91 Å². The van der Waals surface area contributed by atoms with Crippen LogP contribution in [0.1, 0.15) is 54.0 Å². The molecule has 1 saturated heterocycles. The largest absolute Gasteiger partial charge is 0.348 e. The Bertz CT molecular complexity index is 736. The van der Waals surface area contributed by atoms with Gasteiger partial charge in [-0.15, -0.1) is 0 Å². The van der Waals surface area contributed by atoms with Gasteiger partial charge in [0.25, 0.3) is 0 Å². The van der Waals surface area contributed by atoms with Crippen LogP contribution in [0.4, 0.5) is 0 Å². The van der Waals surface area contributed by atoms with Crippen LogP contribution in [-0.4, -0.2) is 35.4 Å². The van der Waals surface area contributed by atoms with Gasteiger partial charge in [-0.2, -0.15) is 0 Å². The number of pyridine rings is 1. The summed E-state index contributed by atoms with van der Waals surface area (Å²) in [4.78, 5) is 18.8. The molecule has 1 aliphatic rings. The molecule has 1 amide bonds. The quantitative estimate of drug-likeness (QED) is 0.892. The molecule has 138 valence electrons. The van der Waals surface area contributed by atoms with Gasteiger partial charge in [0, 0.05) is 12.4 Å². The SMILES string of the molecule is Cc1ccc(C)c(C(C)NC(=O)CN2CCC(c3ccncc3)CC2)c1. The first-order valence-corrected chi connectivity index (χ1v) is 9.51. The van der Waals surface area contributed by atoms with Gasteiger partial charge in [-0.1, -0.05) is 23.8 Å². The lowest BCUT2D eigenvalue weighted by molar-refractivity contribution is -0.123. The summed E-state index contributed by atoms with van der Waals surface area (Å²) in [6.45, 7) is 8.68. The molecule has 1 unspecified atom stereocenters. The molecule has 2 heterocycles. The van der Waals surface area contributed by atoms with Gasteiger partial charge in [0.05, 0.1) is 12.6 Å². The highest BCUT2D eigenvalue weighted by Gasteiger charge is 2.22. The monoisotopic (exact) mass is 351 g/mol. The zero-order chi connectivity index (χ0) is 18.5. The average molecular weight is 351 g/mol. The number of hydrogen-bond acceptors (Lipinski definition) is 3. The summed E-state index contributed by atoms with van der Waals surface area (Å²) in [7, 11) is 0. The molecular formula is C22H29N3O. The number of nitrogens with zero attached hydrogens (tertiary/aromatic N) is 2. The molecule has 1 aliphatic heterocycles. The fourth-order valence-corrected chi connectivity index (χ4v) is 3.85. The Morgan fingerprint density at radius 1 is 1.19 bits per heavy atom. The second kappa shape index (κ2) is 8.45. The number of benzene rings is 1. The minimum Gasteiger partial charge on any atom is -0.348 e. The molecule has 0 spiro atoms. The second-order valence-electron chi connectivity index (χ2n) is 7.48. The summed E-state index contributed by atoms with van der Waals surface area (Å²) in [5.41, 5.74) is 5.02. The highest BCUT2D eigenvalue weighted by molar-refractivity contribution is 5.78. The van der Waals surface area contributed by atoms with Crippen LogP contribution in [-0.2, 0) is 4.79 Å². The van der Waals surface area contributed by atoms with Gasteiger partial charge >= 0.3 is 0 Å². The van der Waals surface area contributed by atoms with Crippen LogP contribution in [0.25, 0.3) is 0 Å². The molecule has 0 saturated carbocycles. The van der Waals surface area contributed by atoms with E-state index in [0.717, 1.165) is 25.9 Å². The number of hydrogen-bond donors (Lipinski definition) is 1. The van der Waals surface area contributed by atoms with E-state index in [9.17, 15) is 4.79 Å². The molecule has 4 nitrogen and oxygen atoms in total. The predicted molar refractivity (Wildman–Crippen MR) is 105 cm³/mol. The van der Waals surface area contributed by atoms with E-state index in [1.807, 2.05) is 12.4 Å². The number of nitrogens with one attached hydrogen (secondary N) is 1. The number of piperidine rings is 1. The first-order chi connectivity index (χ1) is 12.5. The summed E-state index contributed by atoms with van der Waals surface area (Å²) in [6.07, 6.45) is 5.93. The number of likely N-dealkylation sites (tertiary alicyclic amines) is 1. The molecule has 2 aromatic rings. The number of amides is 1. The van der Waals surface area contributed by atoms with Gasteiger partial charge in [-0.3, -0.25) is 14.7 Å². The van der Waals surface area contributed by atoms with Crippen molar-refractivity contribution in [1.29, 1.82) is 0 Å². The normalized spacial score (nSPS) is 17.0. The van der Waals surface area contributed by atoms with Gasteiger partial charge in [0.2, 0.25) is 5.91 Å². The van der Waals surface area contributed by atoms with Gasteiger partial charge in [-0.05, 0) is 81.4 Å². The highest BCUT2D eigenvalue weighted by atomic mass is 16.2. The van der Waals surface area contributed by atoms with Crippen LogP contribution in [0, 0.1) is 13.8 Å². The first kappa shape index (κ1) is 18.6. The lowest BCUT2D eigenvalue weighted by Crippen LogP contribution is -2.41. The molecular weight excluding hydrogens is 322 g/mol. The Balaban J connectivity index is 1.49. The minimum atomic E-state index is 0.0387. The number of aryl methyl sites for hydroxylation is 2. The zero-order valence-corrected chi connectivity index (χ0v) is 16.0. The topological polar surface area (TPSA) is 45.2 Å². The molecule has 1 fully saturated rings. The van der Waals surface area contributed by atoms with Crippen molar-refractivity contribution in [3.8, 4) is 0 Å². The van der Waals surface area contributed by atoms with E-state index in [0.29, 0.717) is 12.5 Å². The highest BCUT2D eigenvalue weighted by Crippen LogP contribution is 2.27. The molecule has 1 aromatic heterocycles. The van der Waals surface area contributed by atoms with Crippen LogP contribution in [0.3, 0.4) is 0 Å². The molecule has 1 N–H and O–H groups in total. The third-order valence-electron chi connectivity index (χ3n) is 5.41. The third-order valence-corrected chi connectivity index (χ3v) is 5.41. The smallest absolute Gasteiger partial charge is 0.234 e. The second-order valence-corrected chi connectivity index (χ2v) is 7.48. The number of carbonyl (C=O) groups excluding carboxylic acids is 1. The van der Waals surface area contributed by atoms with E-state index in [-0.39, 0.29) is 11.9 Å². The van der Waals surface area contributed by atoms with Gasteiger partial charge in [0.1, 0.15) is 0 Å². The van der Waals surface area contributed by atoms with E-state index in [2.05, 4.69) is 66.3 Å². The van der Waals surface area contributed by atoms with Crippen LogP contribution in [0.2, 0.25) is 0 Å². The van der Waals surface area contributed by atoms with Gasteiger partial charge < -0.3 is 5.32 Å². The summed E-state index contributed by atoms with van der Waals surface area (Å²) in [5, 5.41) is 3.17. The summed E-state index contributed by atoms with van der Waals surface area (Å²) >= 11 is 0. The van der Waals surface area contributed by atoms with Crippen molar-refractivity contribution in [2.75, 3.05) is 19.6 Å². The Kier molecular flexibility index (Phi) is 6.04. The Morgan fingerprint density at radius 2 is 1.88 bits per heavy atom. The van der Waals surface area contributed by atoms with Crippen molar-refractivity contribution in [3.05, 3.63) is 65.0 Å². The molecule has 1 atom stereocenters. The van der Waals surface area contributed by atoms with Crippen LogP contribution in [0.5, 0.6) is 0 Å². The number of carbonyl (C=O) groups is 1. The number of rotatable bonds is 5. The molecule has 0 aliphatic carbocycles. The van der Waals surface area contributed by atoms with Gasteiger partial charge in [0.15, 0.2) is 0 Å². The van der Waals surface area contributed by atoms with E-state index >= 15 is 0 Å². The Hall–Kier alpha value is -2.20. The Labute approximate surface area is 156 Å². The Morgan fingerprint density at radius 3 is 2.58 bits per heavy atom. The van der Waals surface area contributed by atoms with Crippen molar-refractivity contribution in [1.82, 2.24) is 15.2 Å². The number of aromatic nitrogens is 1. The third kappa shape index (κ3) is 4.70. The van der Waals surface area contributed by atoms with Crippen molar-refractivity contribution in [3.63, 3.8) is 0 Å². The lowest BCUT2D eigenvalue weighted by atomic mass is 9.90. The summed E-state index contributed by atoms with van der Waals surface area (Å²) in [6, 6.07) is 10.7. The van der Waals surface area contributed by atoms with E-state index in [1.165, 1.54) is 22.3 Å². The minimum absolute atomic E-state index is 0.0387. The zero-order valence-electron chi connectivity index (χ0n) is 16.0. The van der Waals surface area contributed by atoms with E-state index in [4.69, 9.17) is 0 Å². The summed E-state index contributed by atoms with van der Waals surface area (Å²) in [5.74, 6) is 0.701. The molecule has 1 aromatic carbocycles. The predicted octanol–water partition coefficient (Wildman–Crippen LogP) is 3.76. The summed E-state index contributed by atoms with van der Waals surface area (Å²) < 4.78 is 0. The van der Waals surface area contributed by atoms with Gasteiger partial charge in [-0.25, -0.2) is 0 Å². The van der Waals surface area contributed by atoms with Crippen molar-refractivity contribution in [2.45, 2.75) is 45.6 Å². The van der Waals surface area contributed by atoms with Crippen LogP contribution < -0.4 is 5.32 Å². The van der Waals surface area contributed by atoms with Crippen molar-refractivity contribution in [2.24, 2.45) is 0 Å². The fraction of sp³-hybridized carbons (Fsp3) is 0.455. The maximum Gasteiger partial charge on any atom is 0.234 e. The molecule has 0 bridgehead atoms. The maximum absolute atomic E-state index is 12.5. The average Bonchev–Trinajstić information content (AvgIpc) is 2.65. The standard InChI is InChI=1S/C22H29N3O/c1-16-4-5-17(2)21(14-16)18(3)24-22(26)15-25-12-8-20(9-13-25)19-6-10-23-11-7-19/h4-7,10-11,14,18,20H,8-9,12-13,15H2,1-3H3,(H,24,26). The fourth-order valence-electron chi connectivity index (χ4n) is 3.85. The van der Waals surface area contributed by atoms with E-state index in [1.54, 1.807) is 0 Å². The molecule has 0 radical (unpaired) electrons. The molecule has 3 rings (SSSR count).